The van der Waals surface area contributed by atoms with E-state index in [1.54, 1.807) is 6.07 Å². The molecule has 2 aromatic carbocycles. The Bertz CT molecular complexity index is 611. The fraction of sp³-hybridized carbons (Fsp3) is 0.133. The van der Waals surface area contributed by atoms with Crippen LogP contribution in [-0.4, -0.2) is 5.91 Å². The molecule has 0 saturated heterocycles. The van der Waals surface area contributed by atoms with E-state index in [4.69, 9.17) is 0 Å². The third-order valence-corrected chi connectivity index (χ3v) is 2.77. The van der Waals surface area contributed by atoms with Crippen molar-refractivity contribution in [1.29, 1.82) is 0 Å². The van der Waals surface area contributed by atoms with Gasteiger partial charge in [0.25, 0.3) is 5.91 Å². The van der Waals surface area contributed by atoms with E-state index in [-0.39, 0.29) is 5.56 Å². The van der Waals surface area contributed by atoms with Gasteiger partial charge in [-0.1, -0.05) is 19.1 Å². The second kappa shape index (κ2) is 5.61. The van der Waals surface area contributed by atoms with Gasteiger partial charge in [0.15, 0.2) is 0 Å². The van der Waals surface area contributed by atoms with Crippen molar-refractivity contribution in [2.75, 3.05) is 5.32 Å². The van der Waals surface area contributed by atoms with Gasteiger partial charge in [-0.05, 0) is 36.2 Å². The Hall–Kier alpha value is -2.23. The second-order valence-electron chi connectivity index (χ2n) is 4.13. The van der Waals surface area contributed by atoms with Crippen LogP contribution in [0.5, 0.6) is 0 Å². The molecule has 2 aromatic rings. The third-order valence-electron chi connectivity index (χ3n) is 2.77. The summed E-state index contributed by atoms with van der Waals surface area (Å²) in [7, 11) is 0. The van der Waals surface area contributed by atoms with Crippen molar-refractivity contribution in [3.63, 3.8) is 0 Å². The molecule has 4 heteroatoms. The number of hydrogen-bond acceptors (Lipinski definition) is 1. The molecule has 0 fully saturated rings. The zero-order valence-corrected chi connectivity index (χ0v) is 10.4. The predicted molar refractivity (Wildman–Crippen MR) is 70.1 cm³/mol. The molecule has 98 valence electrons. The average Bonchev–Trinajstić information content (AvgIpc) is 2.38. The topological polar surface area (TPSA) is 29.1 Å². The Morgan fingerprint density at radius 2 is 1.95 bits per heavy atom. The summed E-state index contributed by atoms with van der Waals surface area (Å²) in [5.41, 5.74) is 1.48. The molecule has 19 heavy (non-hydrogen) atoms. The molecule has 0 heterocycles. The van der Waals surface area contributed by atoms with Gasteiger partial charge < -0.3 is 5.32 Å². The summed E-state index contributed by atoms with van der Waals surface area (Å²) >= 11 is 0. The van der Waals surface area contributed by atoms with Crippen molar-refractivity contribution in [2.45, 2.75) is 13.3 Å². The van der Waals surface area contributed by atoms with Gasteiger partial charge in [-0.25, -0.2) is 8.78 Å². The minimum Gasteiger partial charge on any atom is -0.322 e. The molecule has 0 spiro atoms. The van der Waals surface area contributed by atoms with E-state index >= 15 is 0 Å². The van der Waals surface area contributed by atoms with E-state index in [0.29, 0.717) is 11.8 Å². The Kier molecular flexibility index (Phi) is 3.90. The number of anilines is 1. The molecule has 2 nitrogen and oxygen atoms in total. The highest BCUT2D eigenvalue weighted by Crippen LogP contribution is 2.15. The van der Waals surface area contributed by atoms with Gasteiger partial charge in [-0.15, -0.1) is 0 Å². The minimum atomic E-state index is -0.871. The minimum absolute atomic E-state index is 0.177. The van der Waals surface area contributed by atoms with Gasteiger partial charge in [0.05, 0.1) is 5.56 Å². The van der Waals surface area contributed by atoms with Gasteiger partial charge in [0.1, 0.15) is 11.6 Å². The highest BCUT2D eigenvalue weighted by Gasteiger charge is 2.12. The number of carbonyl (C=O) groups is 1. The number of nitrogens with one attached hydrogen (secondary N) is 1. The van der Waals surface area contributed by atoms with E-state index in [2.05, 4.69) is 5.32 Å². The van der Waals surface area contributed by atoms with Crippen LogP contribution >= 0.6 is 0 Å². The lowest BCUT2D eigenvalue weighted by Crippen LogP contribution is -2.14. The number of carbonyl (C=O) groups excluding carboxylic acids is 1. The van der Waals surface area contributed by atoms with Crippen molar-refractivity contribution < 1.29 is 13.6 Å². The summed E-state index contributed by atoms with van der Waals surface area (Å²) in [6.45, 7) is 2.00. The molecule has 0 atom stereocenters. The van der Waals surface area contributed by atoms with Crippen LogP contribution in [0.25, 0.3) is 0 Å². The maximum absolute atomic E-state index is 13.4. The zero-order valence-electron chi connectivity index (χ0n) is 10.4. The Morgan fingerprint density at radius 1 is 1.16 bits per heavy atom. The Labute approximate surface area is 110 Å². The maximum Gasteiger partial charge on any atom is 0.258 e. The van der Waals surface area contributed by atoms with Gasteiger partial charge in [0, 0.05) is 11.8 Å². The second-order valence-corrected chi connectivity index (χ2v) is 4.13. The zero-order chi connectivity index (χ0) is 13.8. The summed E-state index contributed by atoms with van der Waals surface area (Å²) in [6, 6.07) is 10.2. The standard InChI is InChI=1S/C15H13F2NO/c1-2-10-4-3-5-12(8-10)18-15(19)13-7-6-11(16)9-14(13)17/h3-9H,2H2,1H3,(H,18,19). The number of amides is 1. The van der Waals surface area contributed by atoms with Crippen LogP contribution in [0.1, 0.15) is 22.8 Å². The van der Waals surface area contributed by atoms with E-state index in [9.17, 15) is 13.6 Å². The van der Waals surface area contributed by atoms with Crippen LogP contribution < -0.4 is 5.32 Å². The maximum atomic E-state index is 13.4. The van der Waals surface area contributed by atoms with Crippen LogP contribution in [0, 0.1) is 11.6 Å². The van der Waals surface area contributed by atoms with E-state index in [1.165, 1.54) is 0 Å². The normalized spacial score (nSPS) is 10.3. The smallest absolute Gasteiger partial charge is 0.258 e. The largest absolute Gasteiger partial charge is 0.322 e. The molecule has 0 unspecified atom stereocenters. The molecule has 0 aliphatic heterocycles. The highest BCUT2D eigenvalue weighted by molar-refractivity contribution is 6.04. The lowest BCUT2D eigenvalue weighted by molar-refractivity contribution is 0.102. The first kappa shape index (κ1) is 13.2. The Balaban J connectivity index is 2.20. The molecule has 0 radical (unpaired) electrons. The molecule has 1 amide bonds. The molecule has 0 aromatic heterocycles. The highest BCUT2D eigenvalue weighted by atomic mass is 19.1. The van der Waals surface area contributed by atoms with Gasteiger partial charge >= 0.3 is 0 Å². The SMILES string of the molecule is CCc1cccc(NC(=O)c2ccc(F)cc2F)c1. The number of hydrogen-bond donors (Lipinski definition) is 1. The summed E-state index contributed by atoms with van der Waals surface area (Å²) in [6.07, 6.45) is 0.842. The molecule has 0 saturated carbocycles. The lowest BCUT2D eigenvalue weighted by Gasteiger charge is -2.07. The summed E-state index contributed by atoms with van der Waals surface area (Å²) in [4.78, 5) is 11.9. The summed E-state index contributed by atoms with van der Waals surface area (Å²) in [5, 5.41) is 2.59. The van der Waals surface area contributed by atoms with Crippen LogP contribution in [0.15, 0.2) is 42.5 Å². The number of rotatable bonds is 3. The average molecular weight is 261 g/mol. The quantitative estimate of drug-likeness (QED) is 0.895. The van der Waals surface area contributed by atoms with Crippen LogP contribution in [0.2, 0.25) is 0 Å². The first-order valence-corrected chi connectivity index (χ1v) is 5.95. The fourth-order valence-corrected chi connectivity index (χ4v) is 1.74. The van der Waals surface area contributed by atoms with Crippen molar-refractivity contribution in [3.05, 3.63) is 65.2 Å². The Morgan fingerprint density at radius 3 is 2.63 bits per heavy atom. The van der Waals surface area contributed by atoms with Crippen molar-refractivity contribution in [2.24, 2.45) is 0 Å². The molecule has 1 N–H and O–H groups in total. The molecular formula is C15H13F2NO. The van der Waals surface area contributed by atoms with E-state index in [0.717, 1.165) is 24.1 Å². The number of benzene rings is 2. The molecule has 0 bridgehead atoms. The lowest BCUT2D eigenvalue weighted by atomic mass is 10.1. The molecule has 2 rings (SSSR count). The van der Waals surface area contributed by atoms with Gasteiger partial charge in [-0.2, -0.15) is 0 Å². The molecule has 0 aliphatic rings. The first-order chi connectivity index (χ1) is 9.10. The fourth-order valence-electron chi connectivity index (χ4n) is 1.74. The molecular weight excluding hydrogens is 248 g/mol. The van der Waals surface area contributed by atoms with Crippen molar-refractivity contribution in [3.8, 4) is 0 Å². The van der Waals surface area contributed by atoms with Crippen LogP contribution in [-0.2, 0) is 6.42 Å². The summed E-state index contributed by atoms with van der Waals surface area (Å²) < 4.78 is 26.2. The third kappa shape index (κ3) is 3.16. The van der Waals surface area contributed by atoms with E-state index in [1.807, 2.05) is 25.1 Å². The number of halogens is 2. The van der Waals surface area contributed by atoms with Crippen molar-refractivity contribution in [1.82, 2.24) is 0 Å². The monoisotopic (exact) mass is 261 g/mol. The van der Waals surface area contributed by atoms with Gasteiger partial charge in [-0.3, -0.25) is 4.79 Å². The van der Waals surface area contributed by atoms with Crippen LogP contribution in [0.4, 0.5) is 14.5 Å². The predicted octanol–water partition coefficient (Wildman–Crippen LogP) is 3.78. The van der Waals surface area contributed by atoms with E-state index < -0.39 is 17.5 Å². The first-order valence-electron chi connectivity index (χ1n) is 5.95. The van der Waals surface area contributed by atoms with Crippen LogP contribution in [0.3, 0.4) is 0 Å². The number of aryl methyl sites for hydroxylation is 1. The summed E-state index contributed by atoms with van der Waals surface area (Å²) in [5.74, 6) is -2.17. The van der Waals surface area contributed by atoms with Gasteiger partial charge in [0.2, 0.25) is 0 Å². The van der Waals surface area contributed by atoms with Crippen molar-refractivity contribution >= 4 is 11.6 Å². The molecule has 0 aliphatic carbocycles.